The molecule has 2 nitrogen and oxygen atoms in total. The standard InChI is InChI=1S/C10H19NO/c1-5-10(2,3)11(4)9(12)8-6-7-8/h8H,5-7H2,1-4H3. The molecule has 0 aliphatic heterocycles. The second-order valence-electron chi connectivity index (χ2n) is 4.34. The van der Waals surface area contributed by atoms with Crippen LogP contribution in [0.2, 0.25) is 0 Å². The minimum absolute atomic E-state index is 0.0275. The molecule has 0 spiro atoms. The van der Waals surface area contributed by atoms with E-state index < -0.39 is 0 Å². The summed E-state index contributed by atoms with van der Waals surface area (Å²) < 4.78 is 0. The molecule has 2 heteroatoms. The van der Waals surface area contributed by atoms with E-state index in [0.29, 0.717) is 11.8 Å². The van der Waals surface area contributed by atoms with Gasteiger partial charge in [-0.1, -0.05) is 6.92 Å². The average Bonchev–Trinajstić information content (AvgIpc) is 2.84. The molecule has 0 aromatic carbocycles. The van der Waals surface area contributed by atoms with Gasteiger partial charge >= 0.3 is 0 Å². The summed E-state index contributed by atoms with van der Waals surface area (Å²) in [5.41, 5.74) is 0.0275. The Balaban J connectivity index is 2.55. The summed E-state index contributed by atoms with van der Waals surface area (Å²) in [6.45, 7) is 6.36. The lowest BCUT2D eigenvalue weighted by Gasteiger charge is -2.35. The molecule has 0 radical (unpaired) electrons. The number of hydrogen-bond acceptors (Lipinski definition) is 1. The van der Waals surface area contributed by atoms with Gasteiger partial charge in [-0.05, 0) is 33.1 Å². The van der Waals surface area contributed by atoms with Crippen LogP contribution in [0.5, 0.6) is 0 Å². The Labute approximate surface area is 74.9 Å². The van der Waals surface area contributed by atoms with Crippen molar-refractivity contribution in [2.45, 2.75) is 45.6 Å². The fraction of sp³-hybridized carbons (Fsp3) is 0.900. The highest BCUT2D eigenvalue weighted by atomic mass is 16.2. The van der Waals surface area contributed by atoms with Crippen molar-refractivity contribution in [2.24, 2.45) is 5.92 Å². The normalized spacial score (nSPS) is 17.7. The van der Waals surface area contributed by atoms with E-state index in [1.165, 1.54) is 0 Å². The third kappa shape index (κ3) is 1.79. The fourth-order valence-corrected chi connectivity index (χ4v) is 1.14. The maximum atomic E-state index is 11.6. The topological polar surface area (TPSA) is 20.3 Å². The molecule has 0 unspecified atom stereocenters. The first-order valence-electron chi connectivity index (χ1n) is 4.76. The number of nitrogens with zero attached hydrogens (tertiary/aromatic N) is 1. The van der Waals surface area contributed by atoms with E-state index in [1.54, 1.807) is 0 Å². The van der Waals surface area contributed by atoms with Crippen LogP contribution in [0.25, 0.3) is 0 Å². The molecule has 1 aliphatic rings. The predicted octanol–water partition coefficient (Wildman–Crippen LogP) is 2.04. The van der Waals surface area contributed by atoms with Crippen molar-refractivity contribution in [1.82, 2.24) is 4.90 Å². The van der Waals surface area contributed by atoms with Crippen LogP contribution in [0.15, 0.2) is 0 Å². The Morgan fingerprint density at radius 2 is 2.00 bits per heavy atom. The lowest BCUT2D eigenvalue weighted by Crippen LogP contribution is -2.45. The second kappa shape index (κ2) is 3.08. The van der Waals surface area contributed by atoms with Crippen LogP contribution in [0.3, 0.4) is 0 Å². The van der Waals surface area contributed by atoms with Crippen molar-refractivity contribution in [3.8, 4) is 0 Å². The summed E-state index contributed by atoms with van der Waals surface area (Å²) in [7, 11) is 1.92. The first-order valence-corrected chi connectivity index (χ1v) is 4.76. The smallest absolute Gasteiger partial charge is 0.225 e. The maximum Gasteiger partial charge on any atom is 0.225 e. The van der Waals surface area contributed by atoms with Crippen molar-refractivity contribution in [2.75, 3.05) is 7.05 Å². The molecule has 12 heavy (non-hydrogen) atoms. The van der Waals surface area contributed by atoms with Gasteiger partial charge in [0.15, 0.2) is 0 Å². The Morgan fingerprint density at radius 1 is 1.50 bits per heavy atom. The number of carbonyl (C=O) groups excluding carboxylic acids is 1. The van der Waals surface area contributed by atoms with Gasteiger partial charge in [-0.3, -0.25) is 4.79 Å². The Kier molecular flexibility index (Phi) is 2.45. The van der Waals surface area contributed by atoms with E-state index >= 15 is 0 Å². The maximum absolute atomic E-state index is 11.6. The number of hydrogen-bond donors (Lipinski definition) is 0. The van der Waals surface area contributed by atoms with Crippen LogP contribution in [-0.4, -0.2) is 23.4 Å². The largest absolute Gasteiger partial charge is 0.340 e. The first kappa shape index (κ1) is 9.56. The molecule has 1 aliphatic carbocycles. The molecular formula is C10H19NO. The summed E-state index contributed by atoms with van der Waals surface area (Å²) in [5, 5.41) is 0. The van der Waals surface area contributed by atoms with Crippen molar-refractivity contribution >= 4 is 5.91 Å². The molecule has 0 N–H and O–H groups in total. The Bertz CT molecular complexity index is 182. The molecule has 1 fully saturated rings. The van der Waals surface area contributed by atoms with Gasteiger partial charge in [0.25, 0.3) is 0 Å². The highest BCUT2D eigenvalue weighted by Gasteiger charge is 2.36. The van der Waals surface area contributed by atoms with Crippen LogP contribution in [0.4, 0.5) is 0 Å². The molecule has 0 atom stereocenters. The SMILES string of the molecule is CCC(C)(C)N(C)C(=O)C1CC1. The lowest BCUT2D eigenvalue weighted by atomic mass is 9.99. The van der Waals surface area contributed by atoms with Crippen molar-refractivity contribution in [3.05, 3.63) is 0 Å². The van der Waals surface area contributed by atoms with E-state index in [4.69, 9.17) is 0 Å². The van der Waals surface area contributed by atoms with Crippen molar-refractivity contribution in [3.63, 3.8) is 0 Å². The zero-order chi connectivity index (χ0) is 9.35. The number of amides is 1. The van der Waals surface area contributed by atoms with E-state index in [1.807, 2.05) is 11.9 Å². The quantitative estimate of drug-likeness (QED) is 0.633. The van der Waals surface area contributed by atoms with Crippen LogP contribution in [-0.2, 0) is 4.79 Å². The van der Waals surface area contributed by atoms with Gasteiger partial charge in [-0.2, -0.15) is 0 Å². The lowest BCUT2D eigenvalue weighted by molar-refractivity contribution is -0.136. The molecule has 1 rings (SSSR count). The Hall–Kier alpha value is -0.530. The fourth-order valence-electron chi connectivity index (χ4n) is 1.14. The van der Waals surface area contributed by atoms with Crippen LogP contribution < -0.4 is 0 Å². The van der Waals surface area contributed by atoms with Gasteiger partial charge in [0.2, 0.25) is 5.91 Å². The van der Waals surface area contributed by atoms with Crippen LogP contribution in [0.1, 0.15) is 40.0 Å². The number of carbonyl (C=O) groups is 1. The van der Waals surface area contributed by atoms with Gasteiger partial charge in [0.1, 0.15) is 0 Å². The molecule has 0 aromatic heterocycles. The molecule has 0 aromatic rings. The molecule has 1 amide bonds. The van der Waals surface area contributed by atoms with E-state index in [0.717, 1.165) is 19.3 Å². The summed E-state index contributed by atoms with van der Waals surface area (Å²) in [6, 6.07) is 0. The monoisotopic (exact) mass is 169 g/mol. The minimum Gasteiger partial charge on any atom is -0.340 e. The molecular weight excluding hydrogens is 150 g/mol. The number of rotatable bonds is 3. The highest BCUT2D eigenvalue weighted by Crippen LogP contribution is 2.33. The Morgan fingerprint density at radius 3 is 2.33 bits per heavy atom. The zero-order valence-corrected chi connectivity index (χ0v) is 8.55. The summed E-state index contributed by atoms with van der Waals surface area (Å²) >= 11 is 0. The van der Waals surface area contributed by atoms with Gasteiger partial charge in [0.05, 0.1) is 0 Å². The first-order chi connectivity index (χ1) is 5.49. The van der Waals surface area contributed by atoms with Crippen LogP contribution >= 0.6 is 0 Å². The van der Waals surface area contributed by atoms with E-state index in [2.05, 4.69) is 20.8 Å². The molecule has 70 valence electrons. The minimum atomic E-state index is 0.0275. The van der Waals surface area contributed by atoms with E-state index in [-0.39, 0.29) is 5.54 Å². The summed E-state index contributed by atoms with van der Waals surface area (Å²) in [6.07, 6.45) is 3.22. The van der Waals surface area contributed by atoms with Gasteiger partial charge in [-0.25, -0.2) is 0 Å². The summed E-state index contributed by atoms with van der Waals surface area (Å²) in [5.74, 6) is 0.683. The van der Waals surface area contributed by atoms with Gasteiger partial charge in [0, 0.05) is 18.5 Å². The van der Waals surface area contributed by atoms with Gasteiger partial charge in [-0.15, -0.1) is 0 Å². The molecule has 0 bridgehead atoms. The van der Waals surface area contributed by atoms with Crippen LogP contribution in [0, 0.1) is 5.92 Å². The van der Waals surface area contributed by atoms with Crippen molar-refractivity contribution < 1.29 is 4.79 Å². The van der Waals surface area contributed by atoms with E-state index in [9.17, 15) is 4.79 Å². The predicted molar refractivity (Wildman–Crippen MR) is 49.9 cm³/mol. The third-order valence-corrected chi connectivity index (χ3v) is 3.03. The third-order valence-electron chi connectivity index (χ3n) is 3.03. The average molecular weight is 169 g/mol. The summed E-state index contributed by atoms with van der Waals surface area (Å²) in [4.78, 5) is 13.5. The molecule has 0 heterocycles. The molecule has 1 saturated carbocycles. The molecule has 0 saturated heterocycles. The zero-order valence-electron chi connectivity index (χ0n) is 8.55. The second-order valence-corrected chi connectivity index (χ2v) is 4.34. The van der Waals surface area contributed by atoms with Gasteiger partial charge < -0.3 is 4.90 Å². The van der Waals surface area contributed by atoms with Crippen molar-refractivity contribution in [1.29, 1.82) is 0 Å². The highest BCUT2D eigenvalue weighted by molar-refractivity contribution is 5.81.